The van der Waals surface area contributed by atoms with Crippen molar-refractivity contribution in [3.63, 3.8) is 0 Å². The van der Waals surface area contributed by atoms with Crippen LogP contribution in [0.25, 0.3) is 5.69 Å². The first-order valence-electron chi connectivity index (χ1n) is 9.47. The summed E-state index contributed by atoms with van der Waals surface area (Å²) in [6, 6.07) is 2.72. The van der Waals surface area contributed by atoms with Gasteiger partial charge in [-0.1, -0.05) is 0 Å². The maximum absolute atomic E-state index is 13.9. The highest BCUT2D eigenvalue weighted by Gasteiger charge is 2.30. The minimum atomic E-state index is -4.53. The van der Waals surface area contributed by atoms with Gasteiger partial charge in [0.2, 0.25) is 0 Å². The number of benzene rings is 1. The second-order valence-corrected chi connectivity index (χ2v) is 6.61. The van der Waals surface area contributed by atoms with E-state index >= 15 is 0 Å². The average molecular weight is 454 g/mol. The molecule has 1 amide bonds. The molecule has 0 spiro atoms. The number of ether oxygens (including phenoxy) is 1. The number of hydrogen-bond donors (Lipinski definition) is 0. The SMILES string of the molecule is C=N/C(=N\C=C(/C)C(F)(F)F)OC[C@H](C)N(CC)C(=O)c1cc(F)ccc1-n1nccn1. The van der Waals surface area contributed by atoms with E-state index in [9.17, 15) is 22.4 Å². The summed E-state index contributed by atoms with van der Waals surface area (Å²) in [5, 5.41) is 7.96. The van der Waals surface area contributed by atoms with E-state index in [-0.39, 0.29) is 30.4 Å². The normalized spacial score (nSPS) is 13.6. The highest BCUT2D eigenvalue weighted by molar-refractivity contribution is 5.98. The molecule has 0 aliphatic heterocycles. The second-order valence-electron chi connectivity index (χ2n) is 6.61. The number of rotatable bonds is 7. The monoisotopic (exact) mass is 454 g/mol. The quantitative estimate of drug-likeness (QED) is 0.362. The van der Waals surface area contributed by atoms with Crippen LogP contribution in [0.2, 0.25) is 0 Å². The van der Waals surface area contributed by atoms with Gasteiger partial charge in [0.15, 0.2) is 0 Å². The molecule has 32 heavy (non-hydrogen) atoms. The van der Waals surface area contributed by atoms with Crippen LogP contribution in [0.3, 0.4) is 0 Å². The van der Waals surface area contributed by atoms with Crippen LogP contribution in [-0.2, 0) is 4.74 Å². The van der Waals surface area contributed by atoms with Crippen molar-refractivity contribution in [1.82, 2.24) is 19.9 Å². The fourth-order valence-corrected chi connectivity index (χ4v) is 2.64. The van der Waals surface area contributed by atoms with Crippen LogP contribution < -0.4 is 0 Å². The first-order valence-corrected chi connectivity index (χ1v) is 9.47. The van der Waals surface area contributed by atoms with Gasteiger partial charge in [0.25, 0.3) is 5.91 Å². The van der Waals surface area contributed by atoms with Gasteiger partial charge in [-0.25, -0.2) is 14.4 Å². The molecule has 1 aromatic heterocycles. The maximum Gasteiger partial charge on any atom is 0.413 e. The molecule has 0 N–H and O–H groups in total. The zero-order valence-corrected chi connectivity index (χ0v) is 17.7. The third-order valence-corrected chi connectivity index (χ3v) is 4.36. The third-order valence-electron chi connectivity index (χ3n) is 4.36. The van der Waals surface area contributed by atoms with Gasteiger partial charge in [-0.2, -0.15) is 28.2 Å². The predicted molar refractivity (Wildman–Crippen MR) is 110 cm³/mol. The molecule has 8 nitrogen and oxygen atoms in total. The summed E-state index contributed by atoms with van der Waals surface area (Å²) >= 11 is 0. The lowest BCUT2D eigenvalue weighted by Gasteiger charge is -2.28. The van der Waals surface area contributed by atoms with Crippen molar-refractivity contribution in [1.29, 1.82) is 0 Å². The zero-order valence-electron chi connectivity index (χ0n) is 17.7. The Morgan fingerprint density at radius 2 is 2.00 bits per heavy atom. The lowest BCUT2D eigenvalue weighted by atomic mass is 10.1. The Hall–Kier alpha value is -3.57. The molecule has 2 aromatic rings. The summed E-state index contributed by atoms with van der Waals surface area (Å²) in [5.74, 6) is -1.12. The number of carbonyl (C=O) groups excluding carboxylic acids is 1. The van der Waals surface area contributed by atoms with Crippen LogP contribution in [0.5, 0.6) is 0 Å². The van der Waals surface area contributed by atoms with Gasteiger partial charge >= 0.3 is 12.2 Å². The number of alkyl halides is 3. The number of nitrogens with zero attached hydrogens (tertiary/aromatic N) is 6. The molecule has 0 radical (unpaired) electrons. The van der Waals surface area contributed by atoms with Crippen molar-refractivity contribution in [2.75, 3.05) is 13.2 Å². The molecular weight excluding hydrogens is 432 g/mol. The van der Waals surface area contributed by atoms with Crippen LogP contribution in [0.1, 0.15) is 31.1 Å². The van der Waals surface area contributed by atoms with Crippen molar-refractivity contribution in [3.8, 4) is 5.69 Å². The lowest BCUT2D eigenvalue weighted by Crippen LogP contribution is -2.42. The number of aromatic nitrogens is 3. The van der Waals surface area contributed by atoms with Gasteiger partial charge in [-0.15, -0.1) is 0 Å². The minimum Gasteiger partial charge on any atom is -0.461 e. The largest absolute Gasteiger partial charge is 0.461 e. The number of halogens is 4. The van der Waals surface area contributed by atoms with Gasteiger partial charge in [0.05, 0.1) is 29.7 Å². The van der Waals surface area contributed by atoms with Crippen LogP contribution >= 0.6 is 0 Å². The summed E-state index contributed by atoms with van der Waals surface area (Å²) in [6.07, 6.45) is -1.11. The summed E-state index contributed by atoms with van der Waals surface area (Å²) in [6.45, 7) is 7.56. The van der Waals surface area contributed by atoms with E-state index in [1.54, 1.807) is 13.8 Å². The Kier molecular flexibility index (Phi) is 8.21. The van der Waals surface area contributed by atoms with E-state index in [0.29, 0.717) is 6.20 Å². The molecule has 1 aromatic carbocycles. The maximum atomic E-state index is 13.9. The summed E-state index contributed by atoms with van der Waals surface area (Å²) in [5.41, 5.74) is -0.614. The standard InChI is InChI=1S/C20H22F4N6O2/c1-5-29(14(3)12-32-19(25-4)26-11-13(2)20(22,23)24)18(31)16-10-15(21)6-7-17(16)30-27-8-9-28-30/h6-11,14H,4-5,12H2,1-3H3/b13-11+,26-19+/t14-/m0/s1. The Bertz CT molecular complexity index is 1000. The highest BCUT2D eigenvalue weighted by atomic mass is 19.4. The van der Waals surface area contributed by atoms with Crippen LogP contribution in [0.15, 0.2) is 52.4 Å². The minimum absolute atomic E-state index is 0.0365. The first kappa shape index (κ1) is 24.7. The first-order chi connectivity index (χ1) is 15.1. The van der Waals surface area contributed by atoms with Gasteiger partial charge in [0, 0.05) is 18.3 Å². The van der Waals surface area contributed by atoms with E-state index in [0.717, 1.165) is 13.0 Å². The molecule has 0 aliphatic carbocycles. The fraction of sp³-hybridized carbons (Fsp3) is 0.350. The number of likely N-dealkylation sites (N-methyl/N-ethyl adjacent to an activating group) is 1. The number of allylic oxidation sites excluding steroid dienone is 1. The topological polar surface area (TPSA) is 85.0 Å². The smallest absolute Gasteiger partial charge is 0.413 e. The van der Waals surface area contributed by atoms with Crippen molar-refractivity contribution in [3.05, 3.63) is 53.7 Å². The Morgan fingerprint density at radius 3 is 2.56 bits per heavy atom. The van der Waals surface area contributed by atoms with Crippen LogP contribution in [-0.4, -0.2) is 63.9 Å². The number of aliphatic imine (C=N–C) groups is 2. The van der Waals surface area contributed by atoms with Crippen molar-refractivity contribution in [2.24, 2.45) is 9.98 Å². The molecule has 12 heteroatoms. The number of hydrogen-bond acceptors (Lipinski definition) is 5. The van der Waals surface area contributed by atoms with Gasteiger partial charge in [0.1, 0.15) is 12.4 Å². The van der Waals surface area contributed by atoms with Crippen molar-refractivity contribution >= 4 is 18.6 Å². The molecule has 0 unspecified atom stereocenters. The number of amidine groups is 1. The van der Waals surface area contributed by atoms with E-state index in [2.05, 4.69) is 26.9 Å². The lowest BCUT2D eigenvalue weighted by molar-refractivity contribution is -0.0915. The molecule has 0 fully saturated rings. The summed E-state index contributed by atoms with van der Waals surface area (Å²) < 4.78 is 56.9. The molecule has 0 aliphatic rings. The Balaban J connectivity index is 2.20. The van der Waals surface area contributed by atoms with Crippen molar-refractivity contribution < 1.29 is 27.1 Å². The van der Waals surface area contributed by atoms with E-state index in [4.69, 9.17) is 4.74 Å². The number of carbonyl (C=O) groups is 1. The molecule has 0 bridgehead atoms. The molecule has 1 heterocycles. The molecular formula is C20H22F4N6O2. The van der Waals surface area contributed by atoms with Crippen molar-refractivity contribution in [2.45, 2.75) is 33.0 Å². The molecule has 172 valence electrons. The third kappa shape index (κ3) is 6.22. The Morgan fingerprint density at radius 1 is 1.34 bits per heavy atom. The van der Waals surface area contributed by atoms with Gasteiger partial charge < -0.3 is 9.64 Å². The molecule has 0 saturated heterocycles. The van der Waals surface area contributed by atoms with E-state index in [1.165, 1.54) is 34.2 Å². The molecule has 1 atom stereocenters. The molecule has 0 saturated carbocycles. The van der Waals surface area contributed by atoms with Gasteiger partial charge in [-0.3, -0.25) is 4.79 Å². The zero-order chi connectivity index (χ0) is 23.9. The molecule has 2 rings (SSSR count). The fourth-order valence-electron chi connectivity index (χ4n) is 2.64. The summed E-state index contributed by atoms with van der Waals surface area (Å²) in [7, 11) is 0. The van der Waals surface area contributed by atoms with E-state index in [1.807, 2.05) is 0 Å². The summed E-state index contributed by atoms with van der Waals surface area (Å²) in [4.78, 5) is 22.8. The van der Waals surface area contributed by atoms with Crippen LogP contribution in [0.4, 0.5) is 17.6 Å². The highest BCUT2D eigenvalue weighted by Crippen LogP contribution is 2.24. The average Bonchev–Trinajstić information content (AvgIpc) is 3.28. The Labute approximate surface area is 181 Å². The van der Waals surface area contributed by atoms with Gasteiger partial charge in [-0.05, 0) is 45.7 Å². The second kappa shape index (κ2) is 10.6. The van der Waals surface area contributed by atoms with E-state index < -0.39 is 29.5 Å². The predicted octanol–water partition coefficient (Wildman–Crippen LogP) is 3.80. The number of amides is 1. The van der Waals surface area contributed by atoms with Crippen LogP contribution in [0, 0.1) is 5.82 Å².